The van der Waals surface area contributed by atoms with Crippen LogP contribution in [0.15, 0.2) is 35.5 Å². The van der Waals surface area contributed by atoms with Crippen LogP contribution in [0.5, 0.6) is 0 Å². The van der Waals surface area contributed by atoms with Gasteiger partial charge in [0.15, 0.2) is 5.96 Å². The largest absolute Gasteiger partial charge is 0.357 e. The lowest BCUT2D eigenvalue weighted by Crippen LogP contribution is -2.36. The fourth-order valence-corrected chi connectivity index (χ4v) is 3.30. The Balaban J connectivity index is 1.67. The molecule has 0 radical (unpaired) electrons. The molecule has 3 aromatic rings. The predicted molar refractivity (Wildman–Crippen MR) is 99.5 cm³/mol. The number of aromatic nitrogens is 3. The Kier molecular flexibility index (Phi) is 5.32. The van der Waals surface area contributed by atoms with E-state index in [4.69, 9.17) is 11.6 Å². The molecule has 0 unspecified atom stereocenters. The number of benzene rings is 1. The van der Waals surface area contributed by atoms with Crippen LogP contribution in [0.2, 0.25) is 5.02 Å². The Morgan fingerprint density at radius 3 is 2.96 bits per heavy atom. The number of nitrogens with zero attached hydrogens (tertiary/aromatic N) is 4. The summed E-state index contributed by atoms with van der Waals surface area (Å²) in [5, 5.41) is 12.4. The third-order valence-corrected chi connectivity index (χ3v) is 4.74. The molecular weight excluding hydrogens is 344 g/mol. The summed E-state index contributed by atoms with van der Waals surface area (Å²) >= 11 is 7.67. The number of fused-ring (bicyclic) bond motifs is 1. The predicted octanol–water partition coefficient (Wildman–Crippen LogP) is 2.94. The van der Waals surface area contributed by atoms with E-state index in [9.17, 15) is 0 Å². The Labute approximate surface area is 149 Å². The number of hydrogen-bond donors (Lipinski definition) is 2. The van der Waals surface area contributed by atoms with Crippen LogP contribution in [0.25, 0.3) is 10.2 Å². The second-order valence-corrected chi connectivity index (χ2v) is 6.77. The van der Waals surface area contributed by atoms with Crippen LogP contribution in [-0.4, -0.2) is 27.3 Å². The van der Waals surface area contributed by atoms with E-state index < -0.39 is 0 Å². The van der Waals surface area contributed by atoms with Gasteiger partial charge in [-0.3, -0.25) is 4.68 Å². The van der Waals surface area contributed by atoms with Crippen molar-refractivity contribution in [3.05, 3.63) is 46.2 Å². The Hall–Kier alpha value is -2.12. The van der Waals surface area contributed by atoms with Crippen molar-refractivity contribution in [3.63, 3.8) is 0 Å². The van der Waals surface area contributed by atoms with Gasteiger partial charge < -0.3 is 10.6 Å². The molecular formula is C16H19ClN6S. The summed E-state index contributed by atoms with van der Waals surface area (Å²) in [6, 6.07) is 7.74. The van der Waals surface area contributed by atoms with Crippen molar-refractivity contribution in [2.75, 3.05) is 6.54 Å². The van der Waals surface area contributed by atoms with Crippen LogP contribution in [0, 0.1) is 0 Å². The van der Waals surface area contributed by atoms with Gasteiger partial charge in [-0.2, -0.15) is 5.10 Å². The molecule has 0 spiro atoms. The maximum atomic E-state index is 6.01. The average molecular weight is 363 g/mol. The summed E-state index contributed by atoms with van der Waals surface area (Å²) in [6.07, 6.45) is 1.78. The fraction of sp³-hybridized carbons (Fsp3) is 0.312. The van der Waals surface area contributed by atoms with Crippen molar-refractivity contribution in [1.82, 2.24) is 25.4 Å². The van der Waals surface area contributed by atoms with E-state index in [0.717, 1.165) is 33.4 Å². The summed E-state index contributed by atoms with van der Waals surface area (Å²) in [6.45, 7) is 4.03. The number of guanidine groups is 1. The van der Waals surface area contributed by atoms with Gasteiger partial charge in [-0.15, -0.1) is 11.3 Å². The monoisotopic (exact) mass is 362 g/mol. The summed E-state index contributed by atoms with van der Waals surface area (Å²) in [4.78, 5) is 9.19. The van der Waals surface area contributed by atoms with Crippen molar-refractivity contribution in [1.29, 1.82) is 0 Å². The highest BCUT2D eigenvalue weighted by Crippen LogP contribution is 2.24. The zero-order valence-corrected chi connectivity index (χ0v) is 15.2. The van der Waals surface area contributed by atoms with Crippen LogP contribution in [-0.2, 0) is 20.1 Å². The van der Waals surface area contributed by atoms with Crippen LogP contribution >= 0.6 is 22.9 Å². The van der Waals surface area contributed by atoms with Crippen LogP contribution < -0.4 is 10.6 Å². The van der Waals surface area contributed by atoms with Gasteiger partial charge in [0.25, 0.3) is 0 Å². The molecule has 6 nitrogen and oxygen atoms in total. The SMILES string of the molecule is CCNC(=NCc1ccnn1C)NCc1nc2cc(Cl)ccc2s1. The number of aliphatic imine (C=N–C) groups is 1. The fourth-order valence-electron chi connectivity index (χ4n) is 2.24. The number of nitrogens with one attached hydrogen (secondary N) is 2. The first-order valence-corrected chi connectivity index (χ1v) is 8.89. The molecule has 0 amide bonds. The molecule has 3 rings (SSSR count). The van der Waals surface area contributed by atoms with Crippen molar-refractivity contribution in [3.8, 4) is 0 Å². The van der Waals surface area contributed by atoms with Gasteiger partial charge in [-0.05, 0) is 31.2 Å². The van der Waals surface area contributed by atoms with E-state index in [0.29, 0.717) is 18.1 Å². The highest BCUT2D eigenvalue weighted by Gasteiger charge is 2.06. The molecule has 0 atom stereocenters. The number of thiazole rings is 1. The van der Waals surface area contributed by atoms with Gasteiger partial charge >= 0.3 is 0 Å². The highest BCUT2D eigenvalue weighted by molar-refractivity contribution is 7.18. The van der Waals surface area contributed by atoms with Crippen molar-refractivity contribution >= 4 is 39.1 Å². The maximum absolute atomic E-state index is 6.01. The second kappa shape index (κ2) is 7.63. The first-order valence-electron chi connectivity index (χ1n) is 7.69. The van der Waals surface area contributed by atoms with E-state index in [-0.39, 0.29) is 0 Å². The van der Waals surface area contributed by atoms with Gasteiger partial charge in [0, 0.05) is 24.8 Å². The summed E-state index contributed by atoms with van der Waals surface area (Å²) < 4.78 is 2.96. The number of hydrogen-bond acceptors (Lipinski definition) is 4. The molecule has 8 heteroatoms. The zero-order chi connectivity index (χ0) is 16.9. The smallest absolute Gasteiger partial charge is 0.191 e. The molecule has 1 aromatic carbocycles. The van der Waals surface area contributed by atoms with E-state index in [1.807, 2.05) is 42.9 Å². The van der Waals surface area contributed by atoms with Crippen LogP contribution in [0.4, 0.5) is 0 Å². The molecule has 2 aromatic heterocycles. The Morgan fingerprint density at radius 2 is 2.21 bits per heavy atom. The topological polar surface area (TPSA) is 67.1 Å². The minimum atomic E-state index is 0.571. The third kappa shape index (κ3) is 4.04. The first-order chi connectivity index (χ1) is 11.7. The molecule has 2 N–H and O–H groups in total. The van der Waals surface area contributed by atoms with Crippen molar-refractivity contribution in [2.45, 2.75) is 20.0 Å². The van der Waals surface area contributed by atoms with Crippen molar-refractivity contribution < 1.29 is 0 Å². The molecule has 0 aliphatic carbocycles. The van der Waals surface area contributed by atoms with E-state index in [2.05, 4.69) is 25.7 Å². The highest BCUT2D eigenvalue weighted by atomic mass is 35.5. The molecule has 0 saturated carbocycles. The minimum Gasteiger partial charge on any atom is -0.357 e. The number of aryl methyl sites for hydroxylation is 1. The summed E-state index contributed by atoms with van der Waals surface area (Å²) in [5.74, 6) is 0.760. The van der Waals surface area contributed by atoms with Crippen molar-refractivity contribution in [2.24, 2.45) is 12.0 Å². The first kappa shape index (κ1) is 16.7. The Morgan fingerprint density at radius 1 is 1.33 bits per heavy atom. The van der Waals surface area contributed by atoms with E-state index in [1.165, 1.54) is 0 Å². The lowest BCUT2D eigenvalue weighted by molar-refractivity contribution is 0.707. The van der Waals surface area contributed by atoms with Crippen LogP contribution in [0.3, 0.4) is 0 Å². The van der Waals surface area contributed by atoms with Gasteiger partial charge in [0.1, 0.15) is 5.01 Å². The molecule has 2 heterocycles. The minimum absolute atomic E-state index is 0.571. The summed E-state index contributed by atoms with van der Waals surface area (Å²) in [5.41, 5.74) is 1.99. The third-order valence-electron chi connectivity index (χ3n) is 3.47. The summed E-state index contributed by atoms with van der Waals surface area (Å²) in [7, 11) is 1.91. The maximum Gasteiger partial charge on any atom is 0.191 e. The zero-order valence-electron chi connectivity index (χ0n) is 13.6. The van der Waals surface area contributed by atoms with E-state index >= 15 is 0 Å². The van der Waals surface area contributed by atoms with Gasteiger partial charge in [-0.25, -0.2) is 9.98 Å². The molecule has 0 bridgehead atoms. The van der Waals surface area contributed by atoms with Gasteiger partial charge in [0.05, 0.1) is 29.0 Å². The molecule has 0 fully saturated rings. The average Bonchev–Trinajstić information content (AvgIpc) is 3.15. The number of halogens is 1. The molecule has 126 valence electrons. The molecule has 24 heavy (non-hydrogen) atoms. The normalized spacial score (nSPS) is 11.9. The van der Waals surface area contributed by atoms with E-state index in [1.54, 1.807) is 17.5 Å². The lowest BCUT2D eigenvalue weighted by Gasteiger charge is -2.10. The Bertz CT molecular complexity index is 853. The van der Waals surface area contributed by atoms with Gasteiger partial charge in [0.2, 0.25) is 0 Å². The standard InChI is InChI=1S/C16H19ClN6S/c1-3-18-16(19-9-12-6-7-21-23(12)2)20-10-15-22-13-8-11(17)4-5-14(13)24-15/h4-8H,3,9-10H2,1-2H3,(H2,18,19,20). The number of rotatable bonds is 5. The second-order valence-electron chi connectivity index (χ2n) is 5.21. The molecule has 0 saturated heterocycles. The van der Waals surface area contributed by atoms with Crippen LogP contribution in [0.1, 0.15) is 17.6 Å². The van der Waals surface area contributed by atoms with Gasteiger partial charge in [-0.1, -0.05) is 11.6 Å². The quantitative estimate of drug-likeness (QED) is 0.541. The lowest BCUT2D eigenvalue weighted by atomic mass is 10.3. The molecule has 0 aliphatic heterocycles. The molecule has 0 aliphatic rings.